The summed E-state index contributed by atoms with van der Waals surface area (Å²) < 4.78 is 0. The van der Waals surface area contributed by atoms with Crippen molar-refractivity contribution in [1.29, 1.82) is 0 Å². The van der Waals surface area contributed by atoms with Crippen molar-refractivity contribution in [3.8, 4) is 0 Å². The Balaban J connectivity index is 2.28. The van der Waals surface area contributed by atoms with Crippen molar-refractivity contribution in [2.24, 2.45) is 0 Å². The molecule has 0 atom stereocenters. The van der Waals surface area contributed by atoms with Crippen LogP contribution in [-0.4, -0.2) is 0 Å². The average molecular weight is 244 g/mol. The zero-order valence-corrected chi connectivity index (χ0v) is 12.4. The molecule has 100 valence electrons. The lowest BCUT2D eigenvalue weighted by Gasteiger charge is -2.25. The van der Waals surface area contributed by atoms with Crippen LogP contribution in [0.4, 0.5) is 0 Å². The smallest absolute Gasteiger partial charge is 0.0106 e. The number of rotatable bonds is 2. The number of fused-ring (bicyclic) bond motifs is 1. The topological polar surface area (TPSA) is 0 Å². The standard InChI is InChI=1S/C18H28/c1-4-18(2,3)17-13-12-15-10-8-6-5-7-9-11-16(15)14-17/h12-14H,4-11H2,1-3H3. The summed E-state index contributed by atoms with van der Waals surface area (Å²) >= 11 is 0. The Morgan fingerprint density at radius 3 is 2.17 bits per heavy atom. The van der Waals surface area contributed by atoms with Crippen molar-refractivity contribution in [2.45, 2.75) is 77.6 Å². The van der Waals surface area contributed by atoms with Crippen molar-refractivity contribution in [3.05, 3.63) is 34.9 Å². The summed E-state index contributed by atoms with van der Waals surface area (Å²) in [5, 5.41) is 0. The Morgan fingerprint density at radius 2 is 1.50 bits per heavy atom. The molecule has 0 N–H and O–H groups in total. The number of aryl methyl sites for hydroxylation is 2. The van der Waals surface area contributed by atoms with Crippen molar-refractivity contribution >= 4 is 0 Å². The first kappa shape index (κ1) is 13.6. The lowest BCUT2D eigenvalue weighted by atomic mass is 9.80. The van der Waals surface area contributed by atoms with Gasteiger partial charge in [-0.05, 0) is 54.2 Å². The molecule has 0 heteroatoms. The molecule has 0 nitrogen and oxygen atoms in total. The average Bonchev–Trinajstić information content (AvgIpc) is 2.49. The normalized spacial score (nSPS) is 17.5. The fourth-order valence-electron chi connectivity index (χ4n) is 2.89. The molecule has 2 rings (SSSR count). The molecule has 0 bridgehead atoms. The van der Waals surface area contributed by atoms with Crippen LogP contribution in [-0.2, 0) is 18.3 Å². The first-order valence-electron chi connectivity index (χ1n) is 7.76. The zero-order valence-electron chi connectivity index (χ0n) is 12.4. The fourth-order valence-corrected chi connectivity index (χ4v) is 2.89. The van der Waals surface area contributed by atoms with Crippen molar-refractivity contribution < 1.29 is 0 Å². The molecular formula is C18H28. The first-order valence-corrected chi connectivity index (χ1v) is 7.76. The van der Waals surface area contributed by atoms with Gasteiger partial charge in [-0.25, -0.2) is 0 Å². The summed E-state index contributed by atoms with van der Waals surface area (Å²) in [6.45, 7) is 7.02. The van der Waals surface area contributed by atoms with E-state index in [-0.39, 0.29) is 0 Å². The monoisotopic (exact) mass is 244 g/mol. The van der Waals surface area contributed by atoms with E-state index in [9.17, 15) is 0 Å². The Kier molecular flexibility index (Phi) is 4.48. The van der Waals surface area contributed by atoms with Gasteiger partial charge in [-0.15, -0.1) is 0 Å². The third-order valence-corrected chi connectivity index (χ3v) is 4.76. The Labute approximate surface area is 113 Å². The molecule has 1 aliphatic carbocycles. The highest BCUT2D eigenvalue weighted by atomic mass is 14.2. The molecule has 0 aromatic heterocycles. The van der Waals surface area contributed by atoms with Crippen LogP contribution in [0.5, 0.6) is 0 Å². The predicted molar refractivity (Wildman–Crippen MR) is 80.3 cm³/mol. The van der Waals surface area contributed by atoms with Gasteiger partial charge in [-0.1, -0.05) is 58.2 Å². The van der Waals surface area contributed by atoms with Gasteiger partial charge >= 0.3 is 0 Å². The number of hydrogen-bond donors (Lipinski definition) is 0. The minimum Gasteiger partial charge on any atom is -0.0646 e. The van der Waals surface area contributed by atoms with Gasteiger partial charge in [0.15, 0.2) is 0 Å². The summed E-state index contributed by atoms with van der Waals surface area (Å²) in [4.78, 5) is 0. The predicted octanol–water partition coefficient (Wildman–Crippen LogP) is 5.42. The molecule has 0 spiro atoms. The molecule has 18 heavy (non-hydrogen) atoms. The van der Waals surface area contributed by atoms with Crippen LogP contribution in [0.15, 0.2) is 18.2 Å². The summed E-state index contributed by atoms with van der Waals surface area (Å²) in [5.41, 5.74) is 5.11. The molecule has 1 aliphatic rings. The molecule has 0 radical (unpaired) electrons. The highest BCUT2D eigenvalue weighted by molar-refractivity contribution is 5.36. The number of benzene rings is 1. The van der Waals surface area contributed by atoms with Crippen LogP contribution >= 0.6 is 0 Å². The fraction of sp³-hybridized carbons (Fsp3) is 0.667. The van der Waals surface area contributed by atoms with Crippen LogP contribution in [0.2, 0.25) is 0 Å². The van der Waals surface area contributed by atoms with E-state index in [0.717, 1.165) is 0 Å². The Bertz CT molecular complexity index is 387. The molecule has 0 heterocycles. The molecule has 0 amide bonds. The second-order valence-electron chi connectivity index (χ2n) is 6.49. The zero-order chi connectivity index (χ0) is 13.0. The Morgan fingerprint density at radius 1 is 0.889 bits per heavy atom. The summed E-state index contributed by atoms with van der Waals surface area (Å²) in [6.07, 6.45) is 10.8. The second-order valence-corrected chi connectivity index (χ2v) is 6.49. The maximum Gasteiger partial charge on any atom is -0.0106 e. The van der Waals surface area contributed by atoms with Gasteiger partial charge in [0.05, 0.1) is 0 Å². The first-order chi connectivity index (χ1) is 8.63. The van der Waals surface area contributed by atoms with Crippen LogP contribution in [0, 0.1) is 0 Å². The van der Waals surface area contributed by atoms with Gasteiger partial charge in [0.1, 0.15) is 0 Å². The largest absolute Gasteiger partial charge is 0.0646 e. The third-order valence-electron chi connectivity index (χ3n) is 4.76. The number of hydrogen-bond acceptors (Lipinski definition) is 0. The maximum atomic E-state index is 2.50. The molecule has 0 aliphatic heterocycles. The molecule has 0 saturated heterocycles. The van der Waals surface area contributed by atoms with Gasteiger partial charge in [-0.3, -0.25) is 0 Å². The summed E-state index contributed by atoms with van der Waals surface area (Å²) in [7, 11) is 0. The van der Waals surface area contributed by atoms with E-state index in [0.29, 0.717) is 5.41 Å². The molecule has 0 fully saturated rings. The van der Waals surface area contributed by atoms with E-state index < -0.39 is 0 Å². The van der Waals surface area contributed by atoms with Gasteiger partial charge in [0, 0.05) is 0 Å². The molecular weight excluding hydrogens is 216 g/mol. The van der Waals surface area contributed by atoms with Gasteiger partial charge in [0.2, 0.25) is 0 Å². The maximum absolute atomic E-state index is 2.50. The van der Waals surface area contributed by atoms with E-state index in [4.69, 9.17) is 0 Å². The van der Waals surface area contributed by atoms with Gasteiger partial charge in [-0.2, -0.15) is 0 Å². The molecule has 0 saturated carbocycles. The SMILES string of the molecule is CCC(C)(C)c1ccc2c(c1)CCCCCCC2. The van der Waals surface area contributed by atoms with E-state index >= 15 is 0 Å². The molecule has 0 unspecified atom stereocenters. The quantitative estimate of drug-likeness (QED) is 0.651. The van der Waals surface area contributed by atoms with Gasteiger partial charge in [0.25, 0.3) is 0 Å². The van der Waals surface area contributed by atoms with Crippen molar-refractivity contribution in [2.75, 3.05) is 0 Å². The van der Waals surface area contributed by atoms with E-state index in [1.54, 1.807) is 11.1 Å². The van der Waals surface area contributed by atoms with Crippen LogP contribution in [0.25, 0.3) is 0 Å². The van der Waals surface area contributed by atoms with Crippen molar-refractivity contribution in [3.63, 3.8) is 0 Å². The lowest BCUT2D eigenvalue weighted by Crippen LogP contribution is -2.16. The Hall–Kier alpha value is -0.780. The highest BCUT2D eigenvalue weighted by Gasteiger charge is 2.19. The minimum atomic E-state index is 0.327. The molecule has 1 aromatic carbocycles. The summed E-state index contributed by atoms with van der Waals surface area (Å²) in [5.74, 6) is 0. The van der Waals surface area contributed by atoms with E-state index in [1.807, 2.05) is 0 Å². The van der Waals surface area contributed by atoms with Crippen LogP contribution < -0.4 is 0 Å². The van der Waals surface area contributed by atoms with Crippen LogP contribution in [0.3, 0.4) is 0 Å². The minimum absolute atomic E-state index is 0.327. The van der Waals surface area contributed by atoms with Crippen LogP contribution in [0.1, 0.15) is 76.0 Å². The highest BCUT2D eigenvalue weighted by Crippen LogP contribution is 2.30. The summed E-state index contributed by atoms with van der Waals surface area (Å²) in [6, 6.07) is 7.29. The molecule has 1 aromatic rings. The lowest BCUT2D eigenvalue weighted by molar-refractivity contribution is 0.505. The van der Waals surface area contributed by atoms with Gasteiger partial charge < -0.3 is 0 Å². The van der Waals surface area contributed by atoms with E-state index in [2.05, 4.69) is 39.0 Å². The third kappa shape index (κ3) is 3.16. The second kappa shape index (κ2) is 5.91. The van der Waals surface area contributed by atoms with E-state index in [1.165, 1.54) is 56.9 Å². The van der Waals surface area contributed by atoms with Crippen molar-refractivity contribution in [1.82, 2.24) is 0 Å².